The molecule has 8 aromatic rings. The molecule has 20 heteroatoms. The molecule has 86 heavy (non-hydrogen) atoms. The predicted molar refractivity (Wildman–Crippen MR) is 339 cm³/mol. The number of benzene rings is 8. The smallest absolute Gasteiger partial charge is 0.400 e. The van der Waals surface area contributed by atoms with Gasteiger partial charge in [-0.1, -0.05) is 96.0 Å². The molecule has 0 saturated carbocycles. The van der Waals surface area contributed by atoms with Gasteiger partial charge in [-0.25, -0.2) is 9.05 Å². The van der Waals surface area contributed by atoms with E-state index in [2.05, 4.69) is 10.6 Å². The summed E-state index contributed by atoms with van der Waals surface area (Å²) < 4.78 is 44.1. The maximum Gasteiger partial charge on any atom is 0.805 e. The van der Waals surface area contributed by atoms with Gasteiger partial charge in [0.1, 0.15) is 6.10 Å². The van der Waals surface area contributed by atoms with E-state index < -0.39 is 28.7 Å². The number of halogens is 2. The van der Waals surface area contributed by atoms with Crippen LogP contribution in [-0.2, 0) is 18.2 Å². The number of hydrogen-bond acceptors (Lipinski definition) is 12. The van der Waals surface area contributed by atoms with E-state index in [4.69, 9.17) is 46.4 Å². The zero-order valence-corrected chi connectivity index (χ0v) is 51.5. The second kappa shape index (κ2) is 31.8. The largest absolute Gasteiger partial charge is 0.805 e. The van der Waals surface area contributed by atoms with Crippen LogP contribution in [0.1, 0.15) is 113 Å². The average molecular weight is 1240 g/mol. The number of nitrogens with one attached hydrogen (secondary N) is 2. The number of hydrogen-bond donors (Lipinski definition) is 4. The van der Waals surface area contributed by atoms with Crippen molar-refractivity contribution in [2.45, 2.75) is 65.6 Å². The molecule has 2 heterocycles. The lowest BCUT2D eigenvalue weighted by molar-refractivity contribution is 0.0978. The van der Waals surface area contributed by atoms with Crippen molar-refractivity contribution in [2.75, 3.05) is 47.7 Å². The van der Waals surface area contributed by atoms with Crippen molar-refractivity contribution in [1.82, 2.24) is 0 Å². The minimum atomic E-state index is -2.29. The molecule has 8 aromatic carbocycles. The molecular formula is C66H66Cl2N4O12P2+2. The molecule has 10 rings (SSSR count). The van der Waals surface area contributed by atoms with Crippen LogP contribution in [0.3, 0.4) is 0 Å². The normalized spacial score (nSPS) is 14.2. The van der Waals surface area contributed by atoms with Crippen LogP contribution in [0, 0.1) is 27.7 Å². The fourth-order valence-corrected chi connectivity index (χ4v) is 11.1. The van der Waals surface area contributed by atoms with Crippen molar-refractivity contribution in [3.05, 3.63) is 248 Å². The highest BCUT2D eigenvalue weighted by Crippen LogP contribution is 2.43. The van der Waals surface area contributed by atoms with E-state index in [9.17, 15) is 33.4 Å². The Morgan fingerprint density at radius 1 is 0.500 bits per heavy atom. The van der Waals surface area contributed by atoms with Crippen LogP contribution < -0.4 is 29.5 Å². The number of nitrogens with zero attached hydrogens (tertiary/aromatic N) is 2. The highest BCUT2D eigenvalue weighted by atomic mass is 35.5. The van der Waals surface area contributed by atoms with E-state index >= 15 is 0 Å². The fourth-order valence-electron chi connectivity index (χ4n) is 9.63. The summed E-state index contributed by atoms with van der Waals surface area (Å²) in [7, 11) is -2.15. The minimum Gasteiger partial charge on any atom is -0.400 e. The van der Waals surface area contributed by atoms with Crippen LogP contribution in [0.4, 0.5) is 22.7 Å². The molecule has 4 N–H and O–H groups in total. The van der Waals surface area contributed by atoms with Gasteiger partial charge in [0.2, 0.25) is 0 Å². The summed E-state index contributed by atoms with van der Waals surface area (Å²) in [6, 6.07) is 53.6. The van der Waals surface area contributed by atoms with Gasteiger partial charge in [0, 0.05) is 89.8 Å². The van der Waals surface area contributed by atoms with E-state index in [-0.39, 0.29) is 23.6 Å². The molecule has 0 fully saturated rings. The highest BCUT2D eigenvalue weighted by Gasteiger charge is 2.35. The average Bonchev–Trinajstić information content (AvgIpc) is 3.01. The molecule has 0 aromatic heterocycles. The lowest BCUT2D eigenvalue weighted by Gasteiger charge is -2.24. The van der Waals surface area contributed by atoms with E-state index in [1.165, 1.54) is 7.11 Å². The third-order valence-electron chi connectivity index (χ3n) is 13.9. The van der Waals surface area contributed by atoms with Crippen LogP contribution in [0.25, 0.3) is 0 Å². The van der Waals surface area contributed by atoms with Crippen molar-refractivity contribution in [2.24, 2.45) is 0 Å². The highest BCUT2D eigenvalue weighted by molar-refractivity contribution is 7.34. The van der Waals surface area contributed by atoms with Gasteiger partial charge < -0.3 is 30.6 Å². The van der Waals surface area contributed by atoms with Gasteiger partial charge in [-0.3, -0.25) is 19.2 Å². The Labute approximate surface area is 512 Å². The van der Waals surface area contributed by atoms with Crippen molar-refractivity contribution in [3.8, 4) is 11.5 Å². The Hall–Kier alpha value is -8.14. The summed E-state index contributed by atoms with van der Waals surface area (Å²) >= 11 is 12.4. The van der Waals surface area contributed by atoms with E-state index in [0.717, 1.165) is 29.4 Å². The fraction of sp³-hybridized carbons (Fsp3) is 0.212. The number of aryl methyl sites for hydroxylation is 4. The number of aliphatic hydroxyl groups is 2. The summed E-state index contributed by atoms with van der Waals surface area (Å²) in [5, 5.41) is 24.3. The van der Waals surface area contributed by atoms with Gasteiger partial charge in [-0.2, -0.15) is 0 Å². The maximum atomic E-state index is 13.7. The Morgan fingerprint density at radius 2 is 0.919 bits per heavy atom. The third kappa shape index (κ3) is 17.5. The molecule has 3 unspecified atom stereocenters. The Morgan fingerprint density at radius 3 is 1.36 bits per heavy atom. The standard InChI is InChI=1S/C27H26ClN2O5P.C26H25ClN2O3.C12H10O3P.CH4O/c1-17-7-4-5-8-21(17)26(31)29-20-11-12-22(18(2)15-20)27(32)30-14-6-9-25(35-36(33)34-3)23-16-19(28)10-13-24(23)30;1-16-6-3-4-7-20(16)25(31)28-19-10-11-21(17(2)14-19)26(32)29-13-5-8-24(30)22-15-18(27)9-12-23(22)29;13-16(14-11-7-3-1-4-8-11)15-12-9-5-2-6-10-12;1-2/h4-5,7-8,10-13,15-16,25H,6,9,14H2,1-3H3;3-4,6-7,9-12,14-15,24,30H,5,8,13H2,1-2H3,(H,28,31);1-10H;2H,1H3/q;;+1;/p+1. The number of carbonyl (C=O) groups is 4. The summed E-state index contributed by atoms with van der Waals surface area (Å²) in [5.74, 6) is 0.347. The molecule has 2 aliphatic rings. The number of fused-ring (bicyclic) bond motifs is 2. The number of carbonyl (C=O) groups excluding carboxylic acids is 4. The van der Waals surface area contributed by atoms with Gasteiger partial charge in [0.05, 0.1) is 18.9 Å². The molecule has 16 nitrogen and oxygen atoms in total. The van der Waals surface area contributed by atoms with Crippen LogP contribution in [0.15, 0.2) is 182 Å². The summed E-state index contributed by atoms with van der Waals surface area (Å²) in [5.41, 5.74) is 9.50. The van der Waals surface area contributed by atoms with Crippen LogP contribution in [0.5, 0.6) is 11.5 Å². The maximum absolute atomic E-state index is 13.7. The van der Waals surface area contributed by atoms with Crippen LogP contribution in [-0.4, -0.2) is 61.2 Å². The SMILES string of the molecule is CO.CO[P+](=O)OC1CCCN(C(=O)c2ccc(NC(=O)c3ccccc3C)cc2C)c2ccc(Cl)cc21.Cc1ccccc1C(=O)Nc1ccc(C(=O)N2CCCC(O)c3cc(Cl)ccc32)c(C)c1.O=[P+](Oc1ccccc1)Oc1ccccc1. The van der Waals surface area contributed by atoms with Crippen molar-refractivity contribution in [3.63, 3.8) is 0 Å². The topological polar surface area (TPSA) is 210 Å². The van der Waals surface area contributed by atoms with Gasteiger partial charge >= 0.3 is 16.5 Å². The molecule has 0 radical (unpaired) electrons. The lowest BCUT2D eigenvalue weighted by Crippen LogP contribution is -2.32. The summed E-state index contributed by atoms with van der Waals surface area (Å²) in [6.45, 7) is 8.44. The molecule has 0 spiro atoms. The van der Waals surface area contributed by atoms with Crippen LogP contribution >= 0.6 is 39.7 Å². The second-order valence-corrected chi connectivity index (χ2v) is 22.5. The number of rotatable bonds is 13. The minimum absolute atomic E-state index is 0.142. The first kappa shape index (κ1) is 65.4. The van der Waals surface area contributed by atoms with Gasteiger partial charge in [0.25, 0.3) is 23.6 Å². The Kier molecular flexibility index (Phi) is 24.2. The Bertz CT molecular complexity index is 3670. The van der Waals surface area contributed by atoms with Crippen molar-refractivity contribution in [1.29, 1.82) is 0 Å². The van der Waals surface area contributed by atoms with Gasteiger partial charge in [-0.05, 0) is 185 Å². The van der Waals surface area contributed by atoms with Crippen LogP contribution in [0.2, 0.25) is 10.0 Å². The molecule has 3 atom stereocenters. The molecule has 444 valence electrons. The summed E-state index contributed by atoms with van der Waals surface area (Å²) in [4.78, 5) is 55.9. The number of anilines is 4. The molecule has 4 amide bonds. The van der Waals surface area contributed by atoms with Gasteiger partial charge in [0.15, 0.2) is 11.5 Å². The first-order valence-corrected chi connectivity index (χ1v) is 30.3. The first-order valence-electron chi connectivity index (χ1n) is 27.4. The second-order valence-electron chi connectivity index (χ2n) is 19.8. The zero-order valence-electron chi connectivity index (χ0n) is 48.2. The van der Waals surface area contributed by atoms with E-state index in [1.807, 2.05) is 76.2 Å². The number of amides is 4. The molecule has 0 aliphatic carbocycles. The number of para-hydroxylation sites is 2. The first-order chi connectivity index (χ1) is 41.5. The molecule has 0 saturated heterocycles. The zero-order chi connectivity index (χ0) is 61.9. The monoisotopic (exact) mass is 1240 g/mol. The van der Waals surface area contributed by atoms with Gasteiger partial charge in [-0.15, -0.1) is 9.05 Å². The predicted octanol–water partition coefficient (Wildman–Crippen LogP) is 16.1. The molecule has 0 bridgehead atoms. The number of aliphatic hydroxyl groups excluding tert-OH is 2. The lowest BCUT2D eigenvalue weighted by atomic mass is 10.0. The van der Waals surface area contributed by atoms with E-state index in [1.54, 1.807) is 143 Å². The Balaban J connectivity index is 0.000000194. The molecule has 2 aliphatic heterocycles. The summed E-state index contributed by atoms with van der Waals surface area (Å²) in [6.07, 6.45) is 1.29. The van der Waals surface area contributed by atoms with E-state index in [0.29, 0.717) is 116 Å². The third-order valence-corrected chi connectivity index (χ3v) is 15.8. The quantitative estimate of drug-likeness (QED) is 0.0795. The molecular weight excluding hydrogens is 1170 g/mol. The van der Waals surface area contributed by atoms with Crippen molar-refractivity contribution >= 4 is 86.1 Å². The van der Waals surface area contributed by atoms with Crippen molar-refractivity contribution < 1.29 is 56.6 Å².